The first-order valence-electron chi connectivity index (χ1n) is 13.0. The second kappa shape index (κ2) is 10.8. The normalized spacial score (nSPS) is 21.0. The smallest absolute Gasteiger partial charge is 0.250 e. The van der Waals surface area contributed by atoms with E-state index in [1.165, 1.54) is 32.1 Å². The van der Waals surface area contributed by atoms with E-state index in [9.17, 15) is 14.4 Å². The number of carbonyl (C=O) groups excluding carboxylic acids is 3. The van der Waals surface area contributed by atoms with Gasteiger partial charge in [0.15, 0.2) is 0 Å². The molecule has 0 radical (unpaired) electrons. The van der Waals surface area contributed by atoms with Crippen LogP contribution in [0.1, 0.15) is 58.8 Å². The maximum absolute atomic E-state index is 13.8. The Morgan fingerprint density at radius 3 is 2.37 bits per heavy atom. The van der Waals surface area contributed by atoms with Crippen molar-refractivity contribution < 1.29 is 14.4 Å². The van der Waals surface area contributed by atoms with Gasteiger partial charge >= 0.3 is 0 Å². The number of piperidine rings is 1. The molecular formula is C27H39ClN4O3. The van der Waals surface area contributed by atoms with Crippen LogP contribution >= 0.6 is 11.6 Å². The SMILES string of the molecule is CC(C)(CCl)C(=O)N1CCC2(CC1)C(=O)N(CC(=O)NCC1CCCCC1)CN2c1ccccc1. The Morgan fingerprint density at radius 1 is 1.09 bits per heavy atom. The number of para-hydroxylation sites is 1. The van der Waals surface area contributed by atoms with Gasteiger partial charge in [0.05, 0.1) is 12.1 Å². The van der Waals surface area contributed by atoms with E-state index in [4.69, 9.17) is 11.6 Å². The molecule has 2 saturated heterocycles. The highest BCUT2D eigenvalue weighted by Gasteiger charge is 2.54. The first kappa shape index (κ1) is 25.8. The topological polar surface area (TPSA) is 73.0 Å². The van der Waals surface area contributed by atoms with Gasteiger partial charge in [0.2, 0.25) is 11.8 Å². The lowest BCUT2D eigenvalue weighted by atomic mass is 9.84. The molecule has 3 fully saturated rings. The summed E-state index contributed by atoms with van der Waals surface area (Å²) in [6, 6.07) is 9.91. The zero-order valence-electron chi connectivity index (χ0n) is 21.1. The summed E-state index contributed by atoms with van der Waals surface area (Å²) in [6.07, 6.45) is 7.17. The maximum atomic E-state index is 13.8. The first-order chi connectivity index (χ1) is 16.8. The Bertz CT molecular complexity index is 908. The van der Waals surface area contributed by atoms with Crippen LogP contribution in [0.5, 0.6) is 0 Å². The van der Waals surface area contributed by atoms with Gasteiger partial charge in [0, 0.05) is 31.2 Å². The van der Waals surface area contributed by atoms with Gasteiger partial charge in [-0.25, -0.2) is 0 Å². The Balaban J connectivity index is 1.46. The van der Waals surface area contributed by atoms with Gasteiger partial charge in [0.1, 0.15) is 12.1 Å². The van der Waals surface area contributed by atoms with Crippen LogP contribution in [-0.4, -0.2) is 71.8 Å². The van der Waals surface area contributed by atoms with E-state index < -0.39 is 11.0 Å². The molecule has 1 aromatic rings. The van der Waals surface area contributed by atoms with E-state index in [0.29, 0.717) is 45.1 Å². The second-order valence-corrected chi connectivity index (χ2v) is 11.3. The van der Waals surface area contributed by atoms with Crippen LogP contribution in [0.3, 0.4) is 0 Å². The molecule has 2 heterocycles. The van der Waals surface area contributed by atoms with Crippen molar-refractivity contribution in [2.45, 2.75) is 64.3 Å². The van der Waals surface area contributed by atoms with Crippen LogP contribution in [0.4, 0.5) is 5.69 Å². The van der Waals surface area contributed by atoms with E-state index in [1.54, 1.807) is 4.90 Å². The second-order valence-electron chi connectivity index (χ2n) is 11.1. The fraction of sp³-hybridized carbons (Fsp3) is 0.667. The summed E-state index contributed by atoms with van der Waals surface area (Å²) in [7, 11) is 0. The van der Waals surface area contributed by atoms with Crippen LogP contribution < -0.4 is 10.2 Å². The van der Waals surface area contributed by atoms with Gasteiger partial charge in [-0.2, -0.15) is 0 Å². The zero-order valence-corrected chi connectivity index (χ0v) is 21.9. The predicted octanol–water partition coefficient (Wildman–Crippen LogP) is 3.62. The molecule has 8 heteroatoms. The molecule has 35 heavy (non-hydrogen) atoms. The van der Waals surface area contributed by atoms with Crippen molar-refractivity contribution in [3.8, 4) is 0 Å². The third-order valence-electron chi connectivity index (χ3n) is 8.02. The molecule has 0 atom stereocenters. The standard InChI is InChI=1S/C27H39ClN4O3/c1-26(2,19-28)24(34)30-15-13-27(14-16-30)25(35)31(20-32(27)22-11-7-4-8-12-22)18-23(33)29-17-21-9-5-3-6-10-21/h4,7-8,11-12,21H,3,5-6,9-10,13-20H2,1-2H3,(H,29,33). The minimum Gasteiger partial charge on any atom is -0.354 e. The summed E-state index contributed by atoms with van der Waals surface area (Å²) in [5, 5.41) is 3.07. The lowest BCUT2D eigenvalue weighted by Gasteiger charge is -2.44. The molecule has 4 rings (SSSR count). The number of amides is 3. The third kappa shape index (κ3) is 5.45. The van der Waals surface area contributed by atoms with Gasteiger partial charge in [-0.3, -0.25) is 14.4 Å². The van der Waals surface area contributed by atoms with Crippen molar-refractivity contribution in [3.63, 3.8) is 0 Å². The Hall–Kier alpha value is -2.28. The Morgan fingerprint density at radius 2 is 1.74 bits per heavy atom. The van der Waals surface area contributed by atoms with Crippen LogP contribution in [0.2, 0.25) is 0 Å². The summed E-state index contributed by atoms with van der Waals surface area (Å²) >= 11 is 6.04. The number of anilines is 1. The van der Waals surface area contributed by atoms with Crippen molar-refractivity contribution in [1.82, 2.24) is 15.1 Å². The fourth-order valence-electron chi connectivity index (χ4n) is 5.77. The molecule has 2 aliphatic heterocycles. The van der Waals surface area contributed by atoms with Gasteiger partial charge < -0.3 is 20.0 Å². The number of benzene rings is 1. The van der Waals surface area contributed by atoms with Crippen molar-refractivity contribution in [2.75, 3.05) is 43.6 Å². The number of rotatable bonds is 7. The number of halogens is 1. The van der Waals surface area contributed by atoms with Gasteiger partial charge in [0.25, 0.3) is 5.91 Å². The molecule has 1 spiro atoms. The lowest BCUT2D eigenvalue weighted by molar-refractivity contribution is -0.144. The van der Waals surface area contributed by atoms with Crippen molar-refractivity contribution >= 4 is 35.0 Å². The average molecular weight is 503 g/mol. The van der Waals surface area contributed by atoms with Crippen LogP contribution in [0, 0.1) is 11.3 Å². The zero-order chi connectivity index (χ0) is 25.1. The highest BCUT2D eigenvalue weighted by Crippen LogP contribution is 2.40. The number of hydrogen-bond donors (Lipinski definition) is 1. The molecule has 1 N–H and O–H groups in total. The van der Waals surface area contributed by atoms with Crippen molar-refractivity contribution in [1.29, 1.82) is 0 Å². The van der Waals surface area contributed by atoms with Crippen LogP contribution in [-0.2, 0) is 14.4 Å². The van der Waals surface area contributed by atoms with E-state index in [0.717, 1.165) is 5.69 Å². The fourth-order valence-corrected chi connectivity index (χ4v) is 5.88. The monoisotopic (exact) mass is 502 g/mol. The molecule has 1 aliphatic carbocycles. The molecule has 7 nitrogen and oxygen atoms in total. The number of nitrogens with zero attached hydrogens (tertiary/aromatic N) is 3. The van der Waals surface area contributed by atoms with Crippen molar-refractivity contribution in [2.24, 2.45) is 11.3 Å². The molecule has 192 valence electrons. The number of carbonyl (C=O) groups is 3. The highest BCUT2D eigenvalue weighted by atomic mass is 35.5. The minimum atomic E-state index is -0.743. The quantitative estimate of drug-likeness (QED) is 0.578. The number of likely N-dealkylation sites (tertiary alicyclic amines) is 1. The summed E-state index contributed by atoms with van der Waals surface area (Å²) in [5.74, 6) is 0.723. The van der Waals surface area contributed by atoms with E-state index in [2.05, 4.69) is 10.2 Å². The molecule has 1 aromatic carbocycles. The molecule has 1 saturated carbocycles. The first-order valence-corrected chi connectivity index (χ1v) is 13.5. The minimum absolute atomic E-state index is 0.0159. The van der Waals surface area contributed by atoms with Gasteiger partial charge in [-0.05, 0) is 57.6 Å². The van der Waals surface area contributed by atoms with Gasteiger partial charge in [-0.1, -0.05) is 37.5 Å². The van der Waals surface area contributed by atoms with Gasteiger partial charge in [-0.15, -0.1) is 11.6 Å². The van der Waals surface area contributed by atoms with Crippen LogP contribution in [0.15, 0.2) is 30.3 Å². The number of nitrogens with one attached hydrogen (secondary N) is 1. The summed E-state index contributed by atoms with van der Waals surface area (Å²) < 4.78 is 0. The average Bonchev–Trinajstić information content (AvgIpc) is 3.14. The lowest BCUT2D eigenvalue weighted by Crippen LogP contribution is -2.58. The maximum Gasteiger partial charge on any atom is 0.250 e. The number of alkyl halides is 1. The van der Waals surface area contributed by atoms with E-state index in [1.807, 2.05) is 49.1 Å². The summed E-state index contributed by atoms with van der Waals surface area (Å²) in [6.45, 7) is 5.85. The molecule has 3 amide bonds. The Kier molecular flexibility index (Phi) is 7.94. The molecule has 0 bridgehead atoms. The molecule has 3 aliphatic rings. The van der Waals surface area contributed by atoms with E-state index >= 15 is 0 Å². The molecule has 0 aromatic heterocycles. The van der Waals surface area contributed by atoms with E-state index in [-0.39, 0.29) is 30.1 Å². The Labute approximate surface area is 214 Å². The molecule has 0 unspecified atom stereocenters. The van der Waals surface area contributed by atoms with Crippen molar-refractivity contribution in [3.05, 3.63) is 30.3 Å². The predicted molar refractivity (Wildman–Crippen MR) is 138 cm³/mol. The largest absolute Gasteiger partial charge is 0.354 e. The highest BCUT2D eigenvalue weighted by molar-refractivity contribution is 6.19. The van der Waals surface area contributed by atoms with Crippen LogP contribution in [0.25, 0.3) is 0 Å². The number of hydrogen-bond acceptors (Lipinski definition) is 4. The third-order valence-corrected chi connectivity index (χ3v) is 8.69. The summed E-state index contributed by atoms with van der Waals surface area (Å²) in [4.78, 5) is 45.3. The summed E-state index contributed by atoms with van der Waals surface area (Å²) in [5.41, 5.74) is -0.410. The molecular weight excluding hydrogens is 464 g/mol.